The standard InChI is InChI=1S/C42H49N3O15S3/c1-26-11-13-32-30(22-26)41(2,3)34(43(32)19-9-21-63(53,54)55)24-28-39(49)29(40(28)50)25-35-42(4,17-7-5-6-10-38(48)56-45-36(46)15-16-37(45)47)31-23-27(62-60-58-52)12-14-33(31)44(35)18-8-20-61-59-57-51/h11-14,22-25H,5-10,15-21H2,1-4H3,(H3-,49,51,52,53,54,55)/p+1. The second-order valence-corrected chi connectivity index (χ2v) is 19.4. The van der Waals surface area contributed by atoms with E-state index in [-0.39, 0.29) is 49.1 Å². The molecule has 0 spiro atoms. The normalized spacial score (nSPS) is 20.7. The second-order valence-electron chi connectivity index (χ2n) is 16.3. The minimum Gasteiger partial charge on any atom is -0.506 e. The highest BCUT2D eigenvalue weighted by Crippen LogP contribution is 2.53. The summed E-state index contributed by atoms with van der Waals surface area (Å²) in [6.45, 7) is 8.58. The Morgan fingerprint density at radius 3 is 2.33 bits per heavy atom. The fourth-order valence-corrected chi connectivity index (χ4v) is 9.80. The minimum atomic E-state index is -4.22. The molecule has 3 heterocycles. The maximum atomic E-state index is 14.3. The molecular formula is C42H50N3O15S3+. The number of benzene rings is 2. The number of aliphatic hydroxyl groups is 1. The van der Waals surface area contributed by atoms with Gasteiger partial charge in [0.05, 0.1) is 34.4 Å². The third kappa shape index (κ3) is 10.6. The summed E-state index contributed by atoms with van der Waals surface area (Å²) < 4.78 is 44.0. The van der Waals surface area contributed by atoms with Crippen molar-refractivity contribution in [2.45, 2.75) is 101 Å². The van der Waals surface area contributed by atoms with Crippen molar-refractivity contribution in [1.82, 2.24) is 5.06 Å². The summed E-state index contributed by atoms with van der Waals surface area (Å²) in [5, 5.41) is 37.4. The first-order chi connectivity index (χ1) is 29.9. The van der Waals surface area contributed by atoms with Gasteiger partial charge in [0.15, 0.2) is 5.71 Å². The van der Waals surface area contributed by atoms with Crippen molar-refractivity contribution in [3.05, 3.63) is 87.8 Å². The lowest BCUT2D eigenvalue weighted by atomic mass is 9.75. The van der Waals surface area contributed by atoms with Crippen molar-refractivity contribution in [1.29, 1.82) is 0 Å². The lowest BCUT2D eigenvalue weighted by Gasteiger charge is -2.32. The number of Topliss-reactive ketones (excluding diaryl/α,β-unsaturated/α-hetero) is 1. The van der Waals surface area contributed by atoms with Crippen LogP contribution in [0.25, 0.3) is 0 Å². The lowest BCUT2D eigenvalue weighted by molar-refractivity contribution is -0.437. The van der Waals surface area contributed by atoms with E-state index in [0.29, 0.717) is 65.8 Å². The van der Waals surface area contributed by atoms with Gasteiger partial charge in [-0.05, 0) is 82.9 Å². The van der Waals surface area contributed by atoms with Gasteiger partial charge in [0.2, 0.25) is 11.5 Å². The van der Waals surface area contributed by atoms with Crippen molar-refractivity contribution in [2.24, 2.45) is 0 Å². The van der Waals surface area contributed by atoms with E-state index in [9.17, 15) is 37.3 Å². The van der Waals surface area contributed by atoms with Crippen LogP contribution in [0.5, 0.6) is 0 Å². The average Bonchev–Trinajstić information content (AvgIpc) is 3.75. The van der Waals surface area contributed by atoms with E-state index in [1.165, 1.54) is 0 Å². The molecule has 0 bridgehead atoms. The number of nitrogens with zero attached hydrogens (tertiary/aromatic N) is 3. The van der Waals surface area contributed by atoms with Crippen LogP contribution < -0.4 is 4.90 Å². The summed E-state index contributed by atoms with van der Waals surface area (Å²) in [6, 6.07) is 11.4. The van der Waals surface area contributed by atoms with Crippen LogP contribution in [0.15, 0.2) is 76.0 Å². The molecule has 3 aliphatic heterocycles. The molecule has 4 N–H and O–H groups in total. The lowest BCUT2D eigenvalue weighted by Crippen LogP contribution is -2.33. The minimum absolute atomic E-state index is 0.00719. The van der Waals surface area contributed by atoms with Gasteiger partial charge in [-0.2, -0.15) is 13.0 Å². The van der Waals surface area contributed by atoms with Crippen LogP contribution in [0.4, 0.5) is 11.4 Å². The van der Waals surface area contributed by atoms with E-state index in [4.69, 9.17) is 19.7 Å². The number of unbranched alkanes of at least 4 members (excludes halogenated alkanes) is 2. The number of amides is 2. The number of aryl methyl sites for hydroxylation is 1. The van der Waals surface area contributed by atoms with Crippen LogP contribution in [0.1, 0.15) is 95.2 Å². The largest absolute Gasteiger partial charge is 0.506 e. The maximum Gasteiger partial charge on any atom is 0.333 e. The Kier molecular flexibility index (Phi) is 15.4. The van der Waals surface area contributed by atoms with Gasteiger partial charge < -0.3 is 14.8 Å². The first-order valence-corrected chi connectivity index (χ1v) is 23.5. The summed E-state index contributed by atoms with van der Waals surface area (Å²) in [6.07, 6.45) is 5.94. The molecule has 2 amide bonds. The van der Waals surface area contributed by atoms with Crippen molar-refractivity contribution in [2.75, 3.05) is 29.5 Å². The fraction of sp³-hybridized carbons (Fsp3) is 0.452. The number of hydroxylamine groups is 2. The monoisotopic (exact) mass is 932 g/mol. The summed E-state index contributed by atoms with van der Waals surface area (Å²) >= 11 is 1.68. The molecule has 340 valence electrons. The predicted molar refractivity (Wildman–Crippen MR) is 230 cm³/mol. The first kappa shape index (κ1) is 48.0. The van der Waals surface area contributed by atoms with Gasteiger partial charge in [0.1, 0.15) is 12.3 Å². The molecule has 18 nitrogen and oxygen atoms in total. The number of imide groups is 1. The fourth-order valence-electron chi connectivity index (χ4n) is 8.55. The van der Waals surface area contributed by atoms with Crippen LogP contribution in [-0.4, -0.2) is 92.1 Å². The second kappa shape index (κ2) is 20.2. The summed E-state index contributed by atoms with van der Waals surface area (Å²) in [7, 11) is -4.22. The van der Waals surface area contributed by atoms with Gasteiger partial charge in [0.25, 0.3) is 21.9 Å². The Balaban J connectivity index is 1.34. The Labute approximate surface area is 373 Å². The number of carbonyl (C=O) groups is 4. The third-order valence-corrected chi connectivity index (χ3v) is 13.7. The Bertz CT molecular complexity index is 2380. The molecule has 63 heavy (non-hydrogen) atoms. The zero-order valence-corrected chi connectivity index (χ0v) is 37.6. The number of rotatable bonds is 22. The Morgan fingerprint density at radius 2 is 1.65 bits per heavy atom. The zero-order chi connectivity index (χ0) is 45.7. The molecule has 1 saturated heterocycles. The van der Waals surface area contributed by atoms with Gasteiger partial charge in [-0.15, -0.1) is 13.7 Å². The van der Waals surface area contributed by atoms with Crippen LogP contribution >= 0.6 is 24.1 Å². The molecule has 0 aromatic heterocycles. The van der Waals surface area contributed by atoms with Crippen molar-refractivity contribution >= 4 is 74.9 Å². The molecule has 1 atom stereocenters. The molecule has 4 aliphatic rings. The van der Waals surface area contributed by atoms with Crippen molar-refractivity contribution in [3.63, 3.8) is 0 Å². The quantitative estimate of drug-likeness (QED) is 0.0135. The molecule has 1 unspecified atom stereocenters. The topological polar surface area (TPSA) is 239 Å². The number of allylic oxidation sites excluding steroid dienone is 5. The molecule has 0 radical (unpaired) electrons. The van der Waals surface area contributed by atoms with Crippen molar-refractivity contribution in [3.8, 4) is 0 Å². The number of ketones is 1. The molecular weight excluding hydrogens is 883 g/mol. The van der Waals surface area contributed by atoms with E-state index < -0.39 is 50.3 Å². The Hall–Kier alpha value is -4.42. The molecule has 0 saturated carbocycles. The highest BCUT2D eigenvalue weighted by molar-refractivity contribution is 7.94. The van der Waals surface area contributed by atoms with Crippen LogP contribution in [0.2, 0.25) is 0 Å². The number of hydrogen-bond acceptors (Lipinski definition) is 17. The SMILES string of the molecule is Cc1ccc2c(c1)C(C)(C)C(C=C1C(=O)C(C=C3N(CCCSOOO)c4ccc(SOOO)cc4C3(C)CCCCCC(=O)ON3C(=O)CCC3=O)=C1O)=[N+]2CCCS(=O)(=O)O. The van der Waals surface area contributed by atoms with Crippen LogP contribution in [-0.2, 0) is 63.7 Å². The average molecular weight is 933 g/mol. The van der Waals surface area contributed by atoms with Gasteiger partial charge in [-0.1, -0.05) is 34.5 Å². The molecule has 1 aliphatic carbocycles. The van der Waals surface area contributed by atoms with Crippen LogP contribution in [0, 0.1) is 6.92 Å². The smallest absolute Gasteiger partial charge is 0.333 e. The van der Waals surface area contributed by atoms with E-state index in [1.807, 2.05) is 67.5 Å². The number of anilines is 1. The van der Waals surface area contributed by atoms with Gasteiger partial charge in [-0.25, -0.2) is 15.3 Å². The number of aliphatic hydroxyl groups excluding tert-OH is 1. The Morgan fingerprint density at radius 1 is 0.921 bits per heavy atom. The molecule has 6 rings (SSSR count). The van der Waals surface area contributed by atoms with E-state index in [2.05, 4.69) is 14.4 Å². The highest BCUT2D eigenvalue weighted by Gasteiger charge is 2.48. The first-order valence-electron chi connectivity index (χ1n) is 20.3. The summed E-state index contributed by atoms with van der Waals surface area (Å²) in [4.78, 5) is 58.3. The molecule has 1 fully saturated rings. The molecule has 2 aromatic carbocycles. The van der Waals surface area contributed by atoms with Gasteiger partial charge >= 0.3 is 5.97 Å². The highest BCUT2D eigenvalue weighted by atomic mass is 32.2. The van der Waals surface area contributed by atoms with E-state index >= 15 is 0 Å². The number of fused-ring (bicyclic) bond motifs is 2. The molecule has 2 aromatic rings. The maximum absolute atomic E-state index is 14.3. The predicted octanol–water partition coefficient (Wildman–Crippen LogP) is 7.08. The van der Waals surface area contributed by atoms with Gasteiger partial charge in [-0.3, -0.25) is 18.9 Å². The van der Waals surface area contributed by atoms with E-state index in [1.54, 1.807) is 18.2 Å². The summed E-state index contributed by atoms with van der Waals surface area (Å²) in [5.41, 5.74) is 4.51. The van der Waals surface area contributed by atoms with Crippen LogP contribution in [0.3, 0.4) is 0 Å². The number of carbonyl (C=O) groups excluding carboxylic acids is 4. The third-order valence-electron chi connectivity index (χ3n) is 11.7. The molecule has 21 heteroatoms. The summed E-state index contributed by atoms with van der Waals surface area (Å²) in [5.74, 6) is -2.48. The van der Waals surface area contributed by atoms with Gasteiger partial charge in [0, 0.05) is 89.4 Å². The van der Waals surface area contributed by atoms with Crippen molar-refractivity contribution < 1.29 is 75.9 Å². The number of hydrogen-bond donors (Lipinski definition) is 4. The zero-order valence-electron chi connectivity index (χ0n) is 35.2. The van der Waals surface area contributed by atoms with E-state index in [0.717, 1.165) is 52.2 Å².